The van der Waals surface area contributed by atoms with Gasteiger partial charge in [0, 0.05) is 195 Å². The highest BCUT2D eigenvalue weighted by Crippen LogP contribution is 2.45. The topological polar surface area (TPSA) is 194 Å². The standard InChI is InChI=1S/C24H30F3N5S.C18H21F3N2OS.C18H19F3N2OS.C6H11N3.C6H8O4.BH2P/c25-24(26,27)20-2-3-21-22(16-33-23(21)13-20)32-10-8-30(9-11-32)15-19-12-18(19)14-28-4-1-6-31-7-5-29-17-31;2*19-18(20,21)14-1-2-15-16(11-25-17(15)8-14)23-5-3-22(4-6-23)9-12-7-13(12)10-24;7-2-1-4-9-5-3-8-6-9;1-10-6(9)4-2-3(4)5(7)8;1-2/h2-3,5,7,13,16-19,28H,1,4,6,8-12,14-15H2;1-2,8,11-13,24H,3-7,9-10H2;1-2,8,10-13H,3-7,9H2;3,5-6H,1-2,4,7H2;3-4H,2H2,1H3,(H,7,8);2H2/t18-,19?;2*12?,13-;;3-,4-;/m000.1./s1. The zero-order chi connectivity index (χ0) is 74.3. The van der Waals surface area contributed by atoms with Crippen LogP contribution in [-0.2, 0) is 50.7 Å². The number of carbonyl (C=O) groups is 3. The number of nitrogens with zero attached hydrogens (tertiary/aromatic N) is 10. The van der Waals surface area contributed by atoms with Gasteiger partial charge in [0.1, 0.15) is 6.29 Å². The van der Waals surface area contributed by atoms with Gasteiger partial charge in [-0.25, -0.2) is 9.97 Å². The number of benzene rings is 3. The number of aromatic nitrogens is 4. The number of esters is 1. The summed E-state index contributed by atoms with van der Waals surface area (Å²) in [6, 6.07) is 12.1. The van der Waals surface area contributed by atoms with E-state index in [1.165, 1.54) is 83.9 Å². The van der Waals surface area contributed by atoms with Gasteiger partial charge in [0.2, 0.25) is 0 Å². The Labute approximate surface area is 615 Å². The number of alkyl halides is 9. The van der Waals surface area contributed by atoms with Crippen molar-refractivity contribution in [2.24, 2.45) is 53.1 Å². The number of carboxylic acid groups (broad SMARTS) is 1. The van der Waals surface area contributed by atoms with Crippen molar-refractivity contribution in [1.29, 1.82) is 0 Å². The zero-order valence-electron chi connectivity index (χ0n) is 58.0. The first kappa shape index (κ1) is 80.1. The summed E-state index contributed by atoms with van der Waals surface area (Å²) in [5.74, 6) is 1.28. The molecule has 0 spiro atoms. The first-order valence-electron chi connectivity index (χ1n) is 35.2. The molecule has 104 heavy (non-hydrogen) atoms. The molecule has 9 atom stereocenters. The molecule has 32 heteroatoms. The van der Waals surface area contributed by atoms with E-state index in [2.05, 4.69) is 61.6 Å². The van der Waals surface area contributed by atoms with Crippen LogP contribution < -0.4 is 25.8 Å². The number of rotatable bonds is 22. The number of anilines is 3. The van der Waals surface area contributed by atoms with Crippen molar-refractivity contribution in [1.82, 2.24) is 39.1 Å². The normalized spacial score (nSPS) is 22.5. The lowest BCUT2D eigenvalue weighted by Crippen LogP contribution is -2.47. The Hall–Kier alpha value is -6.41. The molecule has 2 radical (unpaired) electrons. The number of imidazole rings is 2. The number of carboxylic acids is 1. The van der Waals surface area contributed by atoms with E-state index >= 15 is 0 Å². The summed E-state index contributed by atoms with van der Waals surface area (Å²) >= 11 is 4.15. The minimum absolute atomic E-state index is 0.252. The van der Waals surface area contributed by atoms with Gasteiger partial charge in [0.25, 0.3) is 0 Å². The second-order valence-corrected chi connectivity index (χ2v) is 30.2. The highest BCUT2D eigenvalue weighted by atomic mass is 32.1. The molecule has 3 aromatic carbocycles. The van der Waals surface area contributed by atoms with Gasteiger partial charge in [-0.15, -0.1) is 34.0 Å². The number of aliphatic hydroxyl groups excluding tert-OH is 1. The molecule has 4 saturated carbocycles. The number of thiophene rings is 3. The molecule has 7 fully saturated rings. The molecule has 5 N–H and O–H groups in total. The van der Waals surface area contributed by atoms with Crippen LogP contribution in [0, 0.1) is 47.3 Å². The largest absolute Gasteiger partial charge is 0.481 e. The van der Waals surface area contributed by atoms with Gasteiger partial charge in [0.05, 0.1) is 72.9 Å². The van der Waals surface area contributed by atoms with Gasteiger partial charge in [-0.3, -0.25) is 24.3 Å². The lowest BCUT2D eigenvalue weighted by Gasteiger charge is -2.36. The summed E-state index contributed by atoms with van der Waals surface area (Å²) in [5.41, 5.74) is 6.73. The summed E-state index contributed by atoms with van der Waals surface area (Å²) in [6.07, 6.45) is 5.41. The van der Waals surface area contributed by atoms with Crippen LogP contribution in [0.1, 0.15) is 55.2 Å². The lowest BCUT2D eigenvalue weighted by atomic mass is 10.1. The van der Waals surface area contributed by atoms with E-state index in [9.17, 15) is 53.9 Å². The average molecular weight is 1530 g/mol. The predicted molar refractivity (Wildman–Crippen MR) is 397 cm³/mol. The fraction of sp³-hybridized carbons (Fsp3) is 0.542. The number of hydrogen-bond donors (Lipinski definition) is 4. The van der Waals surface area contributed by atoms with Crippen LogP contribution in [-0.4, -0.2) is 201 Å². The van der Waals surface area contributed by atoms with E-state index < -0.39 is 53.1 Å². The van der Waals surface area contributed by atoms with Crippen LogP contribution in [0.5, 0.6) is 0 Å². The molecular weight excluding hydrogens is 1440 g/mol. The Kier molecular flexibility index (Phi) is 28.5. The second-order valence-electron chi connectivity index (χ2n) is 27.5. The molecule has 4 unspecified atom stereocenters. The van der Waals surface area contributed by atoms with Crippen molar-refractivity contribution in [3.05, 3.63) is 125 Å². The van der Waals surface area contributed by atoms with Gasteiger partial charge in [-0.05, 0) is 124 Å². The summed E-state index contributed by atoms with van der Waals surface area (Å²) in [6.45, 7) is 19.6. The molecule has 4 aliphatic carbocycles. The van der Waals surface area contributed by atoms with E-state index in [1.54, 1.807) is 30.7 Å². The molecule has 18 nitrogen and oxygen atoms in total. The fourth-order valence-corrected chi connectivity index (χ4v) is 16.7. The number of nitrogens with one attached hydrogen (secondary N) is 1. The first-order chi connectivity index (χ1) is 50.0. The highest BCUT2D eigenvalue weighted by molar-refractivity contribution is 7.49. The van der Waals surface area contributed by atoms with Crippen LogP contribution in [0.4, 0.5) is 56.6 Å². The molecule has 0 amide bonds. The molecule has 0 bridgehead atoms. The number of nitrogens with two attached hydrogens (primary N) is 1. The maximum Gasteiger partial charge on any atom is 0.416 e. The Morgan fingerprint density at radius 3 is 1.33 bits per heavy atom. The van der Waals surface area contributed by atoms with E-state index in [0.29, 0.717) is 44.9 Å². The second kappa shape index (κ2) is 36.9. The third kappa shape index (κ3) is 22.4. The Morgan fingerprint density at radius 2 is 0.990 bits per heavy atom. The summed E-state index contributed by atoms with van der Waals surface area (Å²) in [4.78, 5) is 53.7. The van der Waals surface area contributed by atoms with Crippen molar-refractivity contribution >= 4 is 116 Å². The summed E-state index contributed by atoms with van der Waals surface area (Å²) < 4.78 is 127. The van der Waals surface area contributed by atoms with Gasteiger partial charge in [0.15, 0.2) is 0 Å². The number of methoxy groups -OCH3 is 1. The number of hydrogen-bond acceptors (Lipinski definition) is 18. The molecule has 3 saturated heterocycles. The van der Waals surface area contributed by atoms with Crippen molar-refractivity contribution in [2.75, 3.05) is 146 Å². The van der Waals surface area contributed by atoms with Gasteiger partial charge in [-0.2, -0.15) is 48.6 Å². The van der Waals surface area contributed by atoms with E-state index in [0.717, 1.165) is 208 Å². The molecule has 8 heterocycles. The molecule has 7 aliphatic rings. The van der Waals surface area contributed by atoms with E-state index in [4.69, 9.17) is 15.9 Å². The molecule has 564 valence electrons. The minimum atomic E-state index is -4.30. The highest BCUT2D eigenvalue weighted by Gasteiger charge is 2.49. The minimum Gasteiger partial charge on any atom is -0.481 e. The molecule has 3 aliphatic heterocycles. The quantitative estimate of drug-likeness (QED) is 0.0125. The molecular formula is C72H91BF9N12O6PS3. The maximum absolute atomic E-state index is 13.0. The van der Waals surface area contributed by atoms with Crippen LogP contribution in [0.2, 0.25) is 0 Å². The Morgan fingerprint density at radius 1 is 0.587 bits per heavy atom. The van der Waals surface area contributed by atoms with Crippen LogP contribution >= 0.6 is 43.1 Å². The number of aliphatic carboxylic acids is 1. The van der Waals surface area contributed by atoms with Crippen molar-refractivity contribution in [3.63, 3.8) is 0 Å². The number of aldehydes is 1. The van der Waals surface area contributed by atoms with Crippen molar-refractivity contribution < 1.29 is 68.8 Å². The fourth-order valence-electron chi connectivity index (χ4n) is 13.7. The third-order valence-electron chi connectivity index (χ3n) is 20.3. The SMILES string of the molecule is COC(=O)[C@@H]1C[C@H]1C(=O)O.FC(F)(F)c1ccc2c(N3CCN(CC4C[C@H]4CNCCCn4ccnc4)CC3)csc2c1.NCCCn1ccnc1.O=C[C@@H]1CC1CN1CCN(c2csc3cc(C(F)(F)F)ccc23)CC1.OC[C@@H]1CC1CN1CCN(c2csc3cc(C(F)(F)F)ccc23)CC1.[B]P. The Balaban J connectivity index is 0.000000148. The van der Waals surface area contributed by atoms with Gasteiger partial charge >= 0.3 is 30.5 Å². The third-order valence-corrected chi connectivity index (χ3v) is 23.1. The van der Waals surface area contributed by atoms with Crippen molar-refractivity contribution in [3.8, 4) is 0 Å². The number of aryl methyl sites for hydroxylation is 2. The summed E-state index contributed by atoms with van der Waals surface area (Å²) in [5, 5.41) is 29.8. The number of fused-ring (bicyclic) bond motifs is 3. The monoisotopic (exact) mass is 1530 g/mol. The Bertz CT molecular complexity index is 3990. The molecule has 15 rings (SSSR count). The van der Waals surface area contributed by atoms with Crippen LogP contribution in [0.25, 0.3) is 30.3 Å². The van der Waals surface area contributed by atoms with E-state index in [1.807, 2.05) is 54.7 Å². The summed E-state index contributed by atoms with van der Waals surface area (Å²) in [7, 11) is 7.60. The smallest absolute Gasteiger partial charge is 0.416 e. The van der Waals surface area contributed by atoms with Crippen LogP contribution in [0.3, 0.4) is 0 Å². The number of piperazine rings is 3. The first-order valence-corrected chi connectivity index (χ1v) is 38.5. The average Bonchev–Trinajstić information content (AvgIpc) is 1.50. The van der Waals surface area contributed by atoms with E-state index in [-0.39, 0.29) is 11.8 Å². The molecule has 8 aromatic rings. The van der Waals surface area contributed by atoms with Gasteiger partial charge < -0.3 is 54.6 Å². The van der Waals surface area contributed by atoms with Gasteiger partial charge in [-0.1, -0.05) is 18.2 Å². The number of ether oxygens (including phenoxy) is 1. The lowest BCUT2D eigenvalue weighted by molar-refractivity contribution is -0.146. The van der Waals surface area contributed by atoms with Crippen LogP contribution in [0.15, 0.2) is 108 Å². The number of aliphatic hydroxyl groups is 1. The number of carbonyl (C=O) groups excluding carboxylic acids is 2. The number of halogens is 9. The molecule has 5 aromatic heterocycles. The zero-order valence-corrected chi connectivity index (χ0v) is 61.6. The predicted octanol–water partition coefficient (Wildman–Crippen LogP) is 12.2. The van der Waals surface area contributed by atoms with Crippen molar-refractivity contribution in [2.45, 2.75) is 70.1 Å². The maximum atomic E-state index is 13.0.